The van der Waals surface area contributed by atoms with Crippen molar-refractivity contribution in [2.45, 2.75) is 18.9 Å². The molecule has 5 heteroatoms. The van der Waals surface area contributed by atoms with Crippen molar-refractivity contribution in [2.75, 3.05) is 43.5 Å². The van der Waals surface area contributed by atoms with Crippen molar-refractivity contribution in [3.05, 3.63) is 12.3 Å². The maximum atomic E-state index is 4.63. The Balaban J connectivity index is 1.77. The van der Waals surface area contributed by atoms with Crippen LogP contribution in [-0.2, 0) is 0 Å². The van der Waals surface area contributed by atoms with Gasteiger partial charge in [0, 0.05) is 39.4 Å². The quantitative estimate of drug-likeness (QED) is 0.834. The summed E-state index contributed by atoms with van der Waals surface area (Å²) in [6, 6.07) is 2.67. The summed E-state index contributed by atoms with van der Waals surface area (Å²) in [5.74, 6) is 2.64. The van der Waals surface area contributed by atoms with E-state index in [1.165, 1.54) is 19.4 Å². The molecular weight excluding hydrogens is 226 g/mol. The van der Waals surface area contributed by atoms with Crippen LogP contribution in [0.3, 0.4) is 0 Å². The van der Waals surface area contributed by atoms with Crippen molar-refractivity contribution in [1.29, 1.82) is 0 Å². The molecule has 0 spiro atoms. The molecule has 2 atom stereocenters. The minimum absolute atomic E-state index is 0.650. The molecule has 0 amide bonds. The fourth-order valence-electron chi connectivity index (χ4n) is 2.96. The van der Waals surface area contributed by atoms with Crippen LogP contribution in [0.25, 0.3) is 0 Å². The SMILES string of the molecule is CN(C)c1nccc(N2C[C@@H]3CCCN[C@@H]3C2)n1. The first kappa shape index (κ1) is 11.7. The van der Waals surface area contributed by atoms with Gasteiger partial charge in [0.25, 0.3) is 0 Å². The van der Waals surface area contributed by atoms with E-state index < -0.39 is 0 Å². The molecule has 2 aliphatic rings. The Morgan fingerprint density at radius 2 is 2.28 bits per heavy atom. The lowest BCUT2D eigenvalue weighted by atomic mass is 9.94. The Morgan fingerprint density at radius 3 is 3.06 bits per heavy atom. The molecule has 5 nitrogen and oxygen atoms in total. The molecule has 0 aliphatic carbocycles. The number of fused-ring (bicyclic) bond motifs is 1. The Bertz CT molecular complexity index is 406. The fourth-order valence-corrected chi connectivity index (χ4v) is 2.96. The standard InChI is InChI=1S/C13H21N5/c1-17(2)13-15-7-5-12(16-13)18-8-10-4-3-6-14-11(10)9-18/h5,7,10-11,14H,3-4,6,8-9H2,1-2H3/t10-,11+/m0/s1. The summed E-state index contributed by atoms with van der Waals surface area (Å²) < 4.78 is 0. The number of hydrogen-bond acceptors (Lipinski definition) is 5. The van der Waals surface area contributed by atoms with Crippen LogP contribution >= 0.6 is 0 Å². The molecule has 1 aromatic heterocycles. The summed E-state index contributed by atoms with van der Waals surface area (Å²) >= 11 is 0. The van der Waals surface area contributed by atoms with E-state index in [1.807, 2.05) is 31.3 Å². The van der Waals surface area contributed by atoms with E-state index in [0.717, 1.165) is 30.8 Å². The zero-order valence-corrected chi connectivity index (χ0v) is 11.1. The zero-order chi connectivity index (χ0) is 12.5. The van der Waals surface area contributed by atoms with Crippen LogP contribution in [0.4, 0.5) is 11.8 Å². The summed E-state index contributed by atoms with van der Waals surface area (Å²) in [6.07, 6.45) is 4.51. The Hall–Kier alpha value is -1.36. The summed E-state index contributed by atoms with van der Waals surface area (Å²) in [4.78, 5) is 13.2. The molecular formula is C13H21N5. The molecule has 0 aromatic carbocycles. The summed E-state index contributed by atoms with van der Waals surface area (Å²) in [7, 11) is 3.95. The van der Waals surface area contributed by atoms with Gasteiger partial charge in [0.15, 0.2) is 0 Å². The third kappa shape index (κ3) is 2.14. The van der Waals surface area contributed by atoms with Crippen molar-refractivity contribution >= 4 is 11.8 Å². The molecule has 0 radical (unpaired) electrons. The highest BCUT2D eigenvalue weighted by molar-refractivity contribution is 5.44. The van der Waals surface area contributed by atoms with Crippen molar-refractivity contribution in [1.82, 2.24) is 15.3 Å². The number of nitrogens with zero attached hydrogens (tertiary/aromatic N) is 4. The van der Waals surface area contributed by atoms with Gasteiger partial charge in [-0.1, -0.05) is 0 Å². The predicted molar refractivity (Wildman–Crippen MR) is 73.1 cm³/mol. The van der Waals surface area contributed by atoms with E-state index in [0.29, 0.717) is 6.04 Å². The first-order valence-electron chi connectivity index (χ1n) is 6.73. The van der Waals surface area contributed by atoms with Crippen LogP contribution in [0.1, 0.15) is 12.8 Å². The van der Waals surface area contributed by atoms with Crippen molar-refractivity contribution in [3.8, 4) is 0 Å². The Labute approximate surface area is 108 Å². The van der Waals surface area contributed by atoms with E-state index in [1.54, 1.807) is 0 Å². The van der Waals surface area contributed by atoms with Crippen LogP contribution < -0.4 is 15.1 Å². The van der Waals surface area contributed by atoms with Gasteiger partial charge < -0.3 is 15.1 Å². The molecule has 18 heavy (non-hydrogen) atoms. The lowest BCUT2D eigenvalue weighted by Crippen LogP contribution is -2.40. The monoisotopic (exact) mass is 247 g/mol. The van der Waals surface area contributed by atoms with Crippen molar-refractivity contribution < 1.29 is 0 Å². The minimum Gasteiger partial charge on any atom is -0.355 e. The molecule has 2 fully saturated rings. The molecule has 1 N–H and O–H groups in total. The van der Waals surface area contributed by atoms with Gasteiger partial charge >= 0.3 is 0 Å². The topological polar surface area (TPSA) is 44.3 Å². The highest BCUT2D eigenvalue weighted by Gasteiger charge is 2.34. The highest BCUT2D eigenvalue weighted by atomic mass is 15.3. The van der Waals surface area contributed by atoms with Crippen LogP contribution in [0.5, 0.6) is 0 Å². The number of aromatic nitrogens is 2. The number of rotatable bonds is 2. The van der Waals surface area contributed by atoms with Crippen LogP contribution in [0.15, 0.2) is 12.3 Å². The number of piperidine rings is 1. The van der Waals surface area contributed by atoms with Crippen molar-refractivity contribution in [2.24, 2.45) is 5.92 Å². The van der Waals surface area contributed by atoms with E-state index >= 15 is 0 Å². The second kappa shape index (κ2) is 4.72. The molecule has 3 heterocycles. The Kier molecular flexibility index (Phi) is 3.07. The van der Waals surface area contributed by atoms with E-state index in [2.05, 4.69) is 20.2 Å². The molecule has 0 saturated carbocycles. The number of hydrogen-bond donors (Lipinski definition) is 1. The van der Waals surface area contributed by atoms with E-state index in [4.69, 9.17) is 0 Å². The molecule has 3 rings (SSSR count). The lowest BCUT2D eigenvalue weighted by Gasteiger charge is -2.24. The number of anilines is 2. The largest absolute Gasteiger partial charge is 0.355 e. The second-order valence-electron chi connectivity index (χ2n) is 5.48. The maximum Gasteiger partial charge on any atom is 0.226 e. The van der Waals surface area contributed by atoms with Gasteiger partial charge in [0.1, 0.15) is 5.82 Å². The van der Waals surface area contributed by atoms with Gasteiger partial charge in [-0.3, -0.25) is 0 Å². The average molecular weight is 247 g/mol. The third-order valence-corrected chi connectivity index (χ3v) is 3.95. The van der Waals surface area contributed by atoms with Gasteiger partial charge in [0.05, 0.1) is 0 Å². The fraction of sp³-hybridized carbons (Fsp3) is 0.692. The first-order chi connectivity index (χ1) is 8.74. The van der Waals surface area contributed by atoms with Gasteiger partial charge in [-0.2, -0.15) is 4.98 Å². The van der Waals surface area contributed by atoms with Gasteiger partial charge in [0.2, 0.25) is 5.95 Å². The first-order valence-corrected chi connectivity index (χ1v) is 6.73. The van der Waals surface area contributed by atoms with E-state index in [9.17, 15) is 0 Å². The summed E-state index contributed by atoms with van der Waals surface area (Å²) in [5, 5.41) is 3.62. The number of nitrogens with one attached hydrogen (secondary N) is 1. The maximum absolute atomic E-state index is 4.63. The van der Waals surface area contributed by atoms with Crippen LogP contribution in [0.2, 0.25) is 0 Å². The van der Waals surface area contributed by atoms with Crippen LogP contribution in [0, 0.1) is 5.92 Å². The van der Waals surface area contributed by atoms with E-state index in [-0.39, 0.29) is 0 Å². The molecule has 98 valence electrons. The van der Waals surface area contributed by atoms with Crippen LogP contribution in [-0.4, -0.2) is 49.7 Å². The zero-order valence-electron chi connectivity index (χ0n) is 11.1. The average Bonchev–Trinajstić information content (AvgIpc) is 2.82. The minimum atomic E-state index is 0.650. The van der Waals surface area contributed by atoms with Gasteiger partial charge in [-0.05, 0) is 31.4 Å². The molecule has 2 aliphatic heterocycles. The predicted octanol–water partition coefficient (Wildman–Crippen LogP) is 0.731. The normalized spacial score (nSPS) is 27.1. The molecule has 0 bridgehead atoms. The Morgan fingerprint density at radius 1 is 1.39 bits per heavy atom. The molecule has 2 saturated heterocycles. The third-order valence-electron chi connectivity index (χ3n) is 3.95. The van der Waals surface area contributed by atoms with Crippen molar-refractivity contribution in [3.63, 3.8) is 0 Å². The second-order valence-corrected chi connectivity index (χ2v) is 5.48. The smallest absolute Gasteiger partial charge is 0.226 e. The van der Waals surface area contributed by atoms with Gasteiger partial charge in [-0.15, -0.1) is 0 Å². The summed E-state index contributed by atoms with van der Waals surface area (Å²) in [5.41, 5.74) is 0. The molecule has 0 unspecified atom stereocenters. The van der Waals surface area contributed by atoms with Gasteiger partial charge in [-0.25, -0.2) is 4.98 Å². The molecule has 1 aromatic rings. The summed E-state index contributed by atoms with van der Waals surface area (Å²) in [6.45, 7) is 3.37. The highest BCUT2D eigenvalue weighted by Crippen LogP contribution is 2.28. The lowest BCUT2D eigenvalue weighted by molar-refractivity contribution is 0.340.